The minimum Gasteiger partial charge on any atom is -0.394 e. The first-order valence-electron chi connectivity index (χ1n) is 15.1. The number of aliphatic hydroxyl groups excluding tert-OH is 2. The number of aliphatic hydroxyl groups is 2. The second-order valence-electron chi connectivity index (χ2n) is 11.8. The number of amides is 2. The van der Waals surface area contributed by atoms with E-state index in [2.05, 4.69) is 16.0 Å². The highest BCUT2D eigenvalue weighted by molar-refractivity contribution is 8.00. The van der Waals surface area contributed by atoms with Gasteiger partial charge in [0.2, 0.25) is 16.2 Å². The molecule has 1 aliphatic carbocycles. The number of allylic oxidation sites excluding steroid dienone is 3. The molecule has 0 spiro atoms. The highest BCUT2D eigenvalue weighted by atomic mass is 32.2. The van der Waals surface area contributed by atoms with E-state index in [1.54, 1.807) is 22.7 Å². The van der Waals surface area contributed by atoms with Crippen molar-refractivity contribution in [3.8, 4) is 0 Å². The van der Waals surface area contributed by atoms with Crippen LogP contribution in [0.5, 0.6) is 0 Å². The third-order valence-corrected chi connectivity index (χ3v) is 10.3. The van der Waals surface area contributed by atoms with Gasteiger partial charge < -0.3 is 31.1 Å². The maximum absolute atomic E-state index is 14.1. The van der Waals surface area contributed by atoms with E-state index in [4.69, 9.17) is 5.11 Å². The van der Waals surface area contributed by atoms with Crippen molar-refractivity contribution in [2.24, 2.45) is 0 Å². The zero-order chi connectivity index (χ0) is 33.4. The topological polar surface area (TPSA) is 148 Å². The van der Waals surface area contributed by atoms with Crippen LogP contribution < -0.4 is 20.9 Å². The van der Waals surface area contributed by atoms with Gasteiger partial charge in [-0.2, -0.15) is 8.42 Å². The minimum atomic E-state index is -2.49. The van der Waals surface area contributed by atoms with Gasteiger partial charge in [0.25, 0.3) is 5.91 Å². The Kier molecular flexibility index (Phi) is 12.6. The third-order valence-electron chi connectivity index (χ3n) is 7.71. The molecule has 4 rings (SSSR count). The maximum Gasteiger partial charge on any atom is 0.250 e. The van der Waals surface area contributed by atoms with Crippen LogP contribution in [0.4, 0.5) is 11.4 Å². The number of benzene rings is 2. The van der Waals surface area contributed by atoms with Gasteiger partial charge in [-0.1, -0.05) is 30.4 Å². The average Bonchev–Trinajstić information content (AvgIpc) is 3.15. The van der Waals surface area contributed by atoms with Crippen LogP contribution in [-0.4, -0.2) is 91.2 Å². The average molecular weight is 687 g/mol. The summed E-state index contributed by atoms with van der Waals surface area (Å²) in [5.74, 6) is -0.280. The van der Waals surface area contributed by atoms with Gasteiger partial charge >= 0.3 is 0 Å². The number of thioether (sulfide) groups is 2. The molecule has 13 heteroatoms. The van der Waals surface area contributed by atoms with Crippen molar-refractivity contribution < 1.29 is 28.2 Å². The Bertz CT molecular complexity index is 1650. The van der Waals surface area contributed by atoms with Crippen molar-refractivity contribution in [2.75, 3.05) is 48.5 Å². The number of β-amino-alcohol motifs (C(OH)–C–C–N with tert-alkyl or cyclic N) is 1. The first-order valence-corrected chi connectivity index (χ1v) is 18.4. The summed E-state index contributed by atoms with van der Waals surface area (Å²) in [6, 6.07) is 12.7. The standard InChI is InChI=1S/C33H42N4O6S3/c1-5-34-26-9-7-6-8-24(26)25-12-10-21(14-30(25)46(42)43)18-37-28-13-11-23(44-4)15-29(28)45-20-27(32(37)41)36-31(40)16-33(2,3)35-17-22(39)19-38/h6-13,15,22,27,34-35,38-39H,5,14,16-20H2,1-4H3,(H,36,40)/t22-,27+/m0/s1. The summed E-state index contributed by atoms with van der Waals surface area (Å²) in [5, 5.41) is 28.1. The Balaban J connectivity index is 1.63. The second kappa shape index (κ2) is 16.2. The highest BCUT2D eigenvalue weighted by Crippen LogP contribution is 2.38. The number of para-hydroxylation sites is 1. The SMILES string of the molecule is CCNc1ccccc1C1=CC=C(CN2C(=O)[C@H](NC(=O)CC(C)(C)NC[C@H](O)CO)CSc3cc(SC)ccc32)CC1=S(=O)=O. The Morgan fingerprint density at radius 3 is 2.65 bits per heavy atom. The predicted molar refractivity (Wildman–Crippen MR) is 188 cm³/mol. The van der Waals surface area contributed by atoms with Crippen LogP contribution in [0.2, 0.25) is 0 Å². The van der Waals surface area contributed by atoms with E-state index in [0.717, 1.165) is 26.6 Å². The number of anilines is 2. The number of nitrogens with zero attached hydrogens (tertiary/aromatic N) is 1. The molecule has 1 heterocycles. The molecule has 0 fully saturated rings. The highest BCUT2D eigenvalue weighted by Gasteiger charge is 2.34. The van der Waals surface area contributed by atoms with Gasteiger partial charge in [-0.3, -0.25) is 9.59 Å². The van der Waals surface area contributed by atoms with Crippen molar-refractivity contribution in [1.82, 2.24) is 10.6 Å². The van der Waals surface area contributed by atoms with Crippen molar-refractivity contribution in [2.45, 2.75) is 61.1 Å². The molecule has 0 aromatic heterocycles. The van der Waals surface area contributed by atoms with E-state index in [1.807, 2.05) is 75.6 Å². The van der Waals surface area contributed by atoms with Crippen LogP contribution in [0.25, 0.3) is 5.57 Å². The number of hydrogen-bond acceptors (Lipinski definition) is 10. The van der Waals surface area contributed by atoms with Crippen molar-refractivity contribution in [3.05, 3.63) is 65.8 Å². The van der Waals surface area contributed by atoms with Crippen LogP contribution in [0.1, 0.15) is 39.2 Å². The zero-order valence-electron chi connectivity index (χ0n) is 26.5. The lowest BCUT2D eigenvalue weighted by Gasteiger charge is -2.30. The van der Waals surface area contributed by atoms with Gasteiger partial charge in [0.15, 0.2) is 0 Å². The predicted octanol–water partition coefficient (Wildman–Crippen LogP) is 3.34. The Morgan fingerprint density at radius 2 is 1.96 bits per heavy atom. The number of fused-ring (bicyclic) bond motifs is 1. The van der Waals surface area contributed by atoms with Gasteiger partial charge in [0.1, 0.15) is 6.04 Å². The molecule has 0 bridgehead atoms. The molecule has 5 N–H and O–H groups in total. The van der Waals surface area contributed by atoms with Gasteiger partial charge in [-0.25, -0.2) is 0 Å². The van der Waals surface area contributed by atoms with E-state index in [0.29, 0.717) is 23.6 Å². The fraction of sp³-hybridized carbons (Fsp3) is 0.424. The lowest BCUT2D eigenvalue weighted by Crippen LogP contribution is -2.53. The summed E-state index contributed by atoms with van der Waals surface area (Å²) >= 11 is 3.09. The number of hydrogen-bond donors (Lipinski definition) is 5. The molecule has 2 amide bonds. The van der Waals surface area contributed by atoms with Gasteiger partial charge in [-0.05, 0) is 56.9 Å². The molecule has 0 radical (unpaired) electrons. The molecule has 0 unspecified atom stereocenters. The quantitative estimate of drug-likeness (QED) is 0.157. The molecular weight excluding hydrogens is 645 g/mol. The number of nitrogens with one attached hydrogen (secondary N) is 3. The molecule has 0 saturated carbocycles. The molecule has 2 aromatic rings. The molecule has 0 saturated heterocycles. The van der Waals surface area contributed by atoms with Crippen LogP contribution in [0.3, 0.4) is 0 Å². The lowest BCUT2D eigenvalue weighted by molar-refractivity contribution is -0.127. The fourth-order valence-electron chi connectivity index (χ4n) is 5.36. The molecule has 2 aliphatic rings. The third kappa shape index (κ3) is 9.05. The lowest BCUT2D eigenvalue weighted by atomic mass is 9.91. The molecular formula is C33H42N4O6S3. The van der Waals surface area contributed by atoms with Crippen LogP contribution >= 0.6 is 23.5 Å². The first kappa shape index (κ1) is 35.8. The summed E-state index contributed by atoms with van der Waals surface area (Å²) in [6.45, 7) is 6.18. The molecule has 248 valence electrons. The van der Waals surface area contributed by atoms with E-state index in [9.17, 15) is 23.1 Å². The largest absolute Gasteiger partial charge is 0.394 e. The van der Waals surface area contributed by atoms with Crippen LogP contribution in [-0.2, 0) is 19.9 Å². The molecule has 1 aliphatic heterocycles. The van der Waals surface area contributed by atoms with Gasteiger partial charge in [0, 0.05) is 70.4 Å². The zero-order valence-corrected chi connectivity index (χ0v) is 28.9. The molecule has 2 atom stereocenters. The molecule has 2 aromatic carbocycles. The van der Waals surface area contributed by atoms with Crippen LogP contribution in [0.15, 0.2) is 70.0 Å². The minimum absolute atomic E-state index is 0.0455. The smallest absolute Gasteiger partial charge is 0.250 e. The summed E-state index contributed by atoms with van der Waals surface area (Å²) in [4.78, 5) is 31.2. The molecule has 10 nitrogen and oxygen atoms in total. The van der Waals surface area contributed by atoms with E-state index < -0.39 is 34.6 Å². The number of rotatable bonds is 13. The maximum atomic E-state index is 14.1. The Morgan fingerprint density at radius 1 is 1.20 bits per heavy atom. The van der Waals surface area contributed by atoms with E-state index >= 15 is 0 Å². The Hall–Kier alpha value is -3.07. The van der Waals surface area contributed by atoms with Crippen molar-refractivity contribution >= 4 is 67.4 Å². The normalized spacial score (nSPS) is 17.4. The number of carbonyl (C=O) groups excluding carboxylic acids is 2. The number of carbonyl (C=O) groups is 2. The van der Waals surface area contributed by atoms with Gasteiger partial charge in [0.05, 0.1) is 23.3 Å². The van der Waals surface area contributed by atoms with Crippen molar-refractivity contribution in [1.29, 1.82) is 0 Å². The second-order valence-corrected chi connectivity index (χ2v) is 14.7. The fourth-order valence-corrected chi connectivity index (χ4v) is 7.65. The summed E-state index contributed by atoms with van der Waals surface area (Å²) in [7, 11) is -2.49. The summed E-state index contributed by atoms with van der Waals surface area (Å²) in [5.41, 5.74) is 3.02. The van der Waals surface area contributed by atoms with E-state index in [1.165, 1.54) is 11.8 Å². The monoisotopic (exact) mass is 686 g/mol. The van der Waals surface area contributed by atoms with Gasteiger partial charge in [-0.15, -0.1) is 23.5 Å². The summed E-state index contributed by atoms with van der Waals surface area (Å²) < 4.78 is 25.1. The van der Waals surface area contributed by atoms with Crippen molar-refractivity contribution in [3.63, 3.8) is 0 Å². The summed E-state index contributed by atoms with van der Waals surface area (Å²) in [6.07, 6.45) is 4.92. The molecule has 46 heavy (non-hydrogen) atoms. The first-order chi connectivity index (χ1) is 22.0. The Labute approximate surface area is 280 Å². The van der Waals surface area contributed by atoms with E-state index in [-0.39, 0.29) is 42.6 Å². The van der Waals surface area contributed by atoms with Crippen LogP contribution in [0, 0.1) is 0 Å².